The average Bonchev–Trinajstić information content (AvgIpc) is 3.90. The Hall–Kier alpha value is -6.56. The molecule has 0 bridgehead atoms. The van der Waals surface area contributed by atoms with Crippen molar-refractivity contribution in [2.24, 2.45) is 0 Å². The third kappa shape index (κ3) is 3.69. The van der Waals surface area contributed by atoms with Gasteiger partial charge in [0.25, 0.3) is 0 Å². The number of rotatable bonds is 2. The van der Waals surface area contributed by atoms with Crippen LogP contribution in [0.25, 0.3) is 106 Å². The van der Waals surface area contributed by atoms with E-state index in [1.807, 2.05) is 48.5 Å². The van der Waals surface area contributed by atoms with Crippen LogP contribution in [-0.4, -0.2) is 23.6 Å². The molecule has 0 N–H and O–H groups in total. The number of benzene rings is 7. The van der Waals surface area contributed by atoms with E-state index in [-0.39, 0.29) is 14.5 Å². The van der Waals surface area contributed by atoms with E-state index in [1.165, 1.54) is 35.6 Å². The van der Waals surface area contributed by atoms with E-state index in [1.54, 1.807) is 0 Å². The van der Waals surface area contributed by atoms with Crippen molar-refractivity contribution < 1.29 is 4.42 Å². The molecule has 50 heavy (non-hydrogen) atoms. The van der Waals surface area contributed by atoms with Crippen molar-refractivity contribution in [2.75, 3.05) is 0 Å². The molecule has 6 heteroatoms. The summed E-state index contributed by atoms with van der Waals surface area (Å²) in [7, 11) is 0. The molecule has 0 fully saturated rings. The molecule has 0 aliphatic carbocycles. The first-order valence-electron chi connectivity index (χ1n) is 16.3. The van der Waals surface area contributed by atoms with Crippen LogP contribution in [0.4, 0.5) is 11.4 Å². The average molecular weight is 702 g/mol. The Balaban J connectivity index is 1.16. The number of hydrogen-bond acceptors (Lipinski definition) is 1. The number of para-hydroxylation sites is 2. The van der Waals surface area contributed by atoms with Crippen LogP contribution in [0.2, 0.25) is 0 Å². The molecule has 0 saturated heterocycles. The zero-order chi connectivity index (χ0) is 33.1. The summed E-state index contributed by atoms with van der Waals surface area (Å²) in [6.45, 7) is 15.2. The van der Waals surface area contributed by atoms with E-state index in [0.29, 0.717) is 11.4 Å². The molecule has 230 valence electrons. The monoisotopic (exact) mass is 702 g/mol. The van der Waals surface area contributed by atoms with Gasteiger partial charge in [-0.1, -0.05) is 0 Å². The van der Waals surface area contributed by atoms with E-state index >= 15 is 0 Å². The quantitative estimate of drug-likeness (QED) is 0.130. The van der Waals surface area contributed by atoms with Gasteiger partial charge in [-0.05, 0) is 0 Å². The van der Waals surface area contributed by atoms with Crippen LogP contribution in [0, 0.1) is 13.1 Å². The molecule has 4 heterocycles. The molecule has 0 radical (unpaired) electrons. The summed E-state index contributed by atoms with van der Waals surface area (Å²) in [6.07, 6.45) is 0. The summed E-state index contributed by atoms with van der Waals surface area (Å²) in [6, 6.07) is 46.9. The van der Waals surface area contributed by atoms with Gasteiger partial charge < -0.3 is 0 Å². The van der Waals surface area contributed by atoms with E-state index in [4.69, 9.17) is 17.6 Å². The van der Waals surface area contributed by atoms with Crippen LogP contribution < -0.4 is 0 Å². The topological polar surface area (TPSA) is 31.7 Å². The summed E-state index contributed by atoms with van der Waals surface area (Å²) < 4.78 is 13.8. The molecule has 0 aliphatic heterocycles. The van der Waals surface area contributed by atoms with Crippen molar-refractivity contribution in [2.45, 2.75) is 0 Å². The third-order valence-electron chi connectivity index (χ3n) is 10.1. The normalized spacial score (nSPS) is 12.0. The number of fused-ring (bicyclic) bond motifs is 12. The molecule has 0 saturated carbocycles. The molecule has 7 aromatic carbocycles. The standard InChI is InChI=1S/C44H22N4OSe/c1-45-25-11-15-38-31(19-25)32-20-26(46-2)12-16-39(32)47(38)27-13-17-43-35(21-27)36-22-28(14-18-44(36)50-43)48-37-9-5-3-7-29(37)33-23-34-30-8-4-6-10-41(30)49-42(34)24-40(33)48/h3-24H. The predicted octanol–water partition coefficient (Wildman–Crippen LogP) is 12.2. The first-order chi connectivity index (χ1) is 24.7. The van der Waals surface area contributed by atoms with Gasteiger partial charge >= 0.3 is 292 Å². The van der Waals surface area contributed by atoms with E-state index in [9.17, 15) is 0 Å². The molecule has 11 rings (SSSR count). The van der Waals surface area contributed by atoms with Crippen molar-refractivity contribution in [1.82, 2.24) is 9.13 Å². The van der Waals surface area contributed by atoms with Crippen molar-refractivity contribution >= 4 is 111 Å². The van der Waals surface area contributed by atoms with Gasteiger partial charge in [0.15, 0.2) is 0 Å². The van der Waals surface area contributed by atoms with Crippen molar-refractivity contribution in [3.63, 3.8) is 0 Å². The maximum absolute atomic E-state index is 7.61. The summed E-state index contributed by atoms with van der Waals surface area (Å²) in [5, 5.41) is 9.18. The van der Waals surface area contributed by atoms with Crippen molar-refractivity contribution in [1.29, 1.82) is 0 Å². The van der Waals surface area contributed by atoms with Crippen LogP contribution in [0.5, 0.6) is 0 Å². The van der Waals surface area contributed by atoms with Crippen LogP contribution in [0.1, 0.15) is 0 Å². The third-order valence-corrected chi connectivity index (χ3v) is 12.5. The van der Waals surface area contributed by atoms with E-state index in [0.717, 1.165) is 60.6 Å². The number of aromatic nitrogens is 2. The second-order valence-electron chi connectivity index (χ2n) is 12.7. The van der Waals surface area contributed by atoms with Crippen LogP contribution in [0.15, 0.2) is 138 Å². The van der Waals surface area contributed by atoms with Crippen molar-refractivity contribution in [3.05, 3.63) is 156 Å². The molecule has 0 unspecified atom stereocenters. The number of furan rings is 1. The predicted molar refractivity (Wildman–Crippen MR) is 207 cm³/mol. The number of nitrogens with zero attached hydrogens (tertiary/aromatic N) is 4. The van der Waals surface area contributed by atoms with Gasteiger partial charge in [0.05, 0.1) is 0 Å². The van der Waals surface area contributed by atoms with E-state index in [2.05, 4.69) is 104 Å². The number of hydrogen-bond donors (Lipinski definition) is 0. The van der Waals surface area contributed by atoms with Gasteiger partial charge in [0.1, 0.15) is 0 Å². The zero-order valence-corrected chi connectivity index (χ0v) is 28.0. The maximum atomic E-state index is 7.61. The molecule has 0 atom stereocenters. The Morgan fingerprint density at radius 1 is 0.420 bits per heavy atom. The van der Waals surface area contributed by atoms with Crippen LogP contribution in [-0.2, 0) is 0 Å². The summed E-state index contributed by atoms with van der Waals surface area (Å²) in [5.74, 6) is 0. The fourth-order valence-corrected chi connectivity index (χ4v) is 10.2. The van der Waals surface area contributed by atoms with E-state index < -0.39 is 0 Å². The fourth-order valence-electron chi connectivity index (χ4n) is 7.91. The van der Waals surface area contributed by atoms with Gasteiger partial charge in [0.2, 0.25) is 0 Å². The first-order valence-corrected chi connectivity index (χ1v) is 18.0. The molecular formula is C44H22N4OSe. The summed E-state index contributed by atoms with van der Waals surface area (Å²) >= 11 is 0.193. The molecule has 0 amide bonds. The Morgan fingerprint density at radius 2 is 0.980 bits per heavy atom. The van der Waals surface area contributed by atoms with Gasteiger partial charge in [-0.3, -0.25) is 0 Å². The molecule has 0 spiro atoms. The Morgan fingerprint density at radius 3 is 1.64 bits per heavy atom. The molecule has 11 aromatic rings. The summed E-state index contributed by atoms with van der Waals surface area (Å²) in [5.41, 5.74) is 9.49. The van der Waals surface area contributed by atoms with Crippen LogP contribution in [0.3, 0.4) is 0 Å². The van der Waals surface area contributed by atoms with Crippen molar-refractivity contribution in [3.8, 4) is 11.4 Å². The van der Waals surface area contributed by atoms with Crippen LogP contribution >= 0.6 is 0 Å². The zero-order valence-electron chi connectivity index (χ0n) is 26.3. The first kappa shape index (κ1) is 27.4. The van der Waals surface area contributed by atoms with Gasteiger partial charge in [-0.25, -0.2) is 0 Å². The van der Waals surface area contributed by atoms with Gasteiger partial charge in [-0.15, -0.1) is 0 Å². The molecule has 5 nitrogen and oxygen atoms in total. The second-order valence-corrected chi connectivity index (χ2v) is 15.0. The Bertz CT molecular complexity index is 3290. The SMILES string of the molecule is [C-]#[N+]c1ccc2c(c1)c1cc([N+]#[C-])ccc1n2-c1ccc2[se]c3ccc(-n4c5ccccc5c5cc6c(cc54)oc4ccccc46)cc3c2c1. The minimum atomic E-state index is 0.193. The minimum absolute atomic E-state index is 0.193. The molecule has 4 aromatic heterocycles. The van der Waals surface area contributed by atoms with Gasteiger partial charge in [0, 0.05) is 0 Å². The Labute approximate surface area is 290 Å². The molecule has 0 aliphatic rings. The molecular weight excluding hydrogens is 679 g/mol. The summed E-state index contributed by atoms with van der Waals surface area (Å²) in [4.78, 5) is 7.38. The fraction of sp³-hybridized carbons (Fsp3) is 0. The Kier molecular flexibility index (Phi) is 5.47. The van der Waals surface area contributed by atoms with Gasteiger partial charge in [-0.2, -0.15) is 0 Å². The second kappa shape index (κ2) is 9.98.